The van der Waals surface area contributed by atoms with Gasteiger partial charge in [0.1, 0.15) is 0 Å². The van der Waals surface area contributed by atoms with Crippen molar-refractivity contribution < 1.29 is 4.79 Å². The van der Waals surface area contributed by atoms with Gasteiger partial charge in [-0.1, -0.05) is 34.8 Å². The van der Waals surface area contributed by atoms with Crippen molar-refractivity contribution >= 4 is 57.8 Å². The topological polar surface area (TPSA) is 41.5 Å². The third-order valence-corrected chi connectivity index (χ3v) is 4.32. The van der Waals surface area contributed by atoms with Gasteiger partial charge in [0.25, 0.3) is 5.91 Å². The Morgan fingerprint density at radius 2 is 1.95 bits per heavy atom. The highest BCUT2D eigenvalue weighted by Gasteiger charge is 2.10. The van der Waals surface area contributed by atoms with Crippen LogP contribution in [-0.4, -0.2) is 11.6 Å². The van der Waals surface area contributed by atoms with Gasteiger partial charge in [0.2, 0.25) is 0 Å². The lowest BCUT2D eigenvalue weighted by atomic mass is 10.2. The molecule has 104 valence electrons. The van der Waals surface area contributed by atoms with E-state index in [2.05, 4.69) is 10.5 Å². The Bertz CT molecular complexity index is 682. The number of rotatable bonds is 3. The largest absolute Gasteiger partial charge is 0.272 e. The van der Waals surface area contributed by atoms with Gasteiger partial charge in [0, 0.05) is 5.02 Å². The number of benzene rings is 1. The van der Waals surface area contributed by atoms with Crippen molar-refractivity contribution in [3.05, 3.63) is 55.2 Å². The summed E-state index contributed by atoms with van der Waals surface area (Å²) < 4.78 is 0.668. The summed E-state index contributed by atoms with van der Waals surface area (Å²) in [5.74, 6) is -0.395. The van der Waals surface area contributed by atoms with Crippen LogP contribution in [0.4, 0.5) is 0 Å². The molecule has 0 saturated heterocycles. The first-order chi connectivity index (χ1) is 9.47. The van der Waals surface area contributed by atoms with Crippen LogP contribution in [0.2, 0.25) is 14.4 Å². The molecule has 2 rings (SSSR count). The lowest BCUT2D eigenvalue weighted by Crippen LogP contribution is -2.19. The van der Waals surface area contributed by atoms with E-state index in [0.29, 0.717) is 20.6 Å². The summed E-state index contributed by atoms with van der Waals surface area (Å²) in [6.07, 6.45) is 0. The third kappa shape index (κ3) is 3.73. The maximum Gasteiger partial charge on any atom is 0.272 e. The predicted molar refractivity (Wildman–Crippen MR) is 85.5 cm³/mol. The first kappa shape index (κ1) is 15.3. The van der Waals surface area contributed by atoms with Crippen LogP contribution >= 0.6 is 46.1 Å². The van der Waals surface area contributed by atoms with Gasteiger partial charge >= 0.3 is 0 Å². The molecule has 0 aliphatic heterocycles. The molecular weight excluding hydrogens is 339 g/mol. The minimum Gasteiger partial charge on any atom is -0.267 e. The van der Waals surface area contributed by atoms with E-state index in [1.165, 1.54) is 17.4 Å². The fourth-order valence-corrected chi connectivity index (χ4v) is 2.91. The first-order valence-corrected chi connectivity index (χ1v) is 7.48. The molecule has 20 heavy (non-hydrogen) atoms. The van der Waals surface area contributed by atoms with Crippen molar-refractivity contribution in [2.24, 2.45) is 5.10 Å². The normalized spacial score (nSPS) is 11.5. The fourth-order valence-electron chi connectivity index (χ4n) is 1.43. The zero-order chi connectivity index (χ0) is 14.7. The highest BCUT2D eigenvalue weighted by atomic mass is 35.5. The van der Waals surface area contributed by atoms with Gasteiger partial charge in [0.15, 0.2) is 0 Å². The van der Waals surface area contributed by atoms with Crippen LogP contribution in [0.15, 0.2) is 35.4 Å². The number of hydrazone groups is 1. The summed E-state index contributed by atoms with van der Waals surface area (Å²) in [5.41, 5.74) is 3.44. The van der Waals surface area contributed by atoms with E-state index >= 15 is 0 Å². The molecule has 2 aromatic rings. The quantitative estimate of drug-likeness (QED) is 0.625. The summed E-state index contributed by atoms with van der Waals surface area (Å²) in [6, 6.07) is 8.27. The number of carbonyl (C=O) groups is 1. The second kappa shape index (κ2) is 6.59. The Morgan fingerprint density at radius 1 is 1.20 bits per heavy atom. The SMILES string of the molecule is CC(=NNC(=O)c1ccc(Cl)cc1Cl)c1ccc(Cl)s1. The lowest BCUT2D eigenvalue weighted by Gasteiger charge is -2.04. The lowest BCUT2D eigenvalue weighted by molar-refractivity contribution is 0.0955. The highest BCUT2D eigenvalue weighted by molar-refractivity contribution is 7.18. The van der Waals surface area contributed by atoms with E-state index in [9.17, 15) is 4.79 Å². The van der Waals surface area contributed by atoms with E-state index in [1.807, 2.05) is 6.07 Å². The zero-order valence-corrected chi connectivity index (χ0v) is 13.4. The molecule has 0 saturated carbocycles. The van der Waals surface area contributed by atoms with Gasteiger partial charge in [0.05, 0.1) is 25.5 Å². The average molecular weight is 348 g/mol. The molecular formula is C13H9Cl3N2OS. The van der Waals surface area contributed by atoms with Crippen molar-refractivity contribution in [3.63, 3.8) is 0 Å². The second-order valence-electron chi connectivity index (χ2n) is 3.87. The third-order valence-electron chi connectivity index (χ3n) is 2.43. The second-order valence-corrected chi connectivity index (χ2v) is 6.42. The van der Waals surface area contributed by atoms with Crippen LogP contribution in [0.25, 0.3) is 0 Å². The Morgan fingerprint density at radius 3 is 2.55 bits per heavy atom. The molecule has 0 atom stereocenters. The fraction of sp³-hybridized carbons (Fsp3) is 0.0769. The van der Waals surface area contributed by atoms with Crippen molar-refractivity contribution in [3.8, 4) is 0 Å². The smallest absolute Gasteiger partial charge is 0.267 e. The number of thiophene rings is 1. The number of carbonyl (C=O) groups excluding carboxylic acids is 1. The number of hydrogen-bond acceptors (Lipinski definition) is 3. The number of hydrogen-bond donors (Lipinski definition) is 1. The van der Waals surface area contributed by atoms with Gasteiger partial charge in [-0.15, -0.1) is 11.3 Å². The molecule has 7 heteroatoms. The number of nitrogens with zero attached hydrogens (tertiary/aromatic N) is 1. The molecule has 0 unspecified atom stereocenters. The summed E-state index contributed by atoms with van der Waals surface area (Å²) in [6.45, 7) is 1.78. The monoisotopic (exact) mass is 346 g/mol. The molecule has 0 aliphatic rings. The van der Waals surface area contributed by atoms with Crippen LogP contribution in [0.5, 0.6) is 0 Å². The van der Waals surface area contributed by atoms with Gasteiger partial charge in [-0.2, -0.15) is 5.10 Å². The van der Waals surface area contributed by atoms with E-state index in [-0.39, 0.29) is 5.02 Å². The summed E-state index contributed by atoms with van der Waals surface area (Å²) >= 11 is 19.0. The van der Waals surface area contributed by atoms with Gasteiger partial charge < -0.3 is 0 Å². The first-order valence-electron chi connectivity index (χ1n) is 5.53. The van der Waals surface area contributed by atoms with E-state index in [0.717, 1.165) is 4.88 Å². The zero-order valence-electron chi connectivity index (χ0n) is 10.3. The molecule has 1 aromatic carbocycles. The van der Waals surface area contributed by atoms with Crippen LogP contribution in [0, 0.1) is 0 Å². The van der Waals surface area contributed by atoms with Crippen molar-refractivity contribution in [2.75, 3.05) is 0 Å². The molecule has 1 heterocycles. The predicted octanol–water partition coefficient (Wildman–Crippen LogP) is 4.86. The number of amides is 1. The minimum atomic E-state index is -0.395. The minimum absolute atomic E-state index is 0.280. The standard InChI is InChI=1S/C13H9Cl3N2OS/c1-7(11-4-5-12(16)20-11)17-18-13(19)9-3-2-8(14)6-10(9)15/h2-6H,1H3,(H,18,19). The molecule has 0 aliphatic carbocycles. The van der Waals surface area contributed by atoms with Crippen LogP contribution in [-0.2, 0) is 0 Å². The number of halogens is 3. The van der Waals surface area contributed by atoms with Gasteiger partial charge in [-0.05, 0) is 37.3 Å². The maximum atomic E-state index is 11.9. The molecule has 0 fully saturated rings. The van der Waals surface area contributed by atoms with Gasteiger partial charge in [-0.25, -0.2) is 5.43 Å². The molecule has 0 bridgehead atoms. The molecule has 0 radical (unpaired) electrons. The Balaban J connectivity index is 2.12. The maximum absolute atomic E-state index is 11.9. The van der Waals surface area contributed by atoms with Crippen LogP contribution in [0.1, 0.15) is 22.2 Å². The Labute approximate surface area is 135 Å². The van der Waals surface area contributed by atoms with Crippen LogP contribution in [0.3, 0.4) is 0 Å². The molecule has 1 N–H and O–H groups in total. The molecule has 1 aromatic heterocycles. The Hall–Kier alpha value is -1.07. The summed E-state index contributed by atoms with van der Waals surface area (Å²) in [5, 5.41) is 4.78. The summed E-state index contributed by atoms with van der Waals surface area (Å²) in [7, 11) is 0. The van der Waals surface area contributed by atoms with E-state index < -0.39 is 5.91 Å². The highest BCUT2D eigenvalue weighted by Crippen LogP contribution is 2.22. The summed E-state index contributed by atoms with van der Waals surface area (Å²) in [4.78, 5) is 12.8. The average Bonchev–Trinajstić information content (AvgIpc) is 2.82. The molecule has 1 amide bonds. The van der Waals surface area contributed by atoms with Crippen molar-refractivity contribution in [1.82, 2.24) is 5.43 Å². The van der Waals surface area contributed by atoms with E-state index in [4.69, 9.17) is 34.8 Å². The number of nitrogens with one attached hydrogen (secondary N) is 1. The van der Waals surface area contributed by atoms with Crippen molar-refractivity contribution in [2.45, 2.75) is 6.92 Å². The molecule has 0 spiro atoms. The van der Waals surface area contributed by atoms with Crippen molar-refractivity contribution in [1.29, 1.82) is 0 Å². The molecule has 3 nitrogen and oxygen atoms in total. The van der Waals surface area contributed by atoms with Crippen LogP contribution < -0.4 is 5.43 Å². The Kier molecular flexibility index (Phi) is 5.05. The van der Waals surface area contributed by atoms with Gasteiger partial charge in [-0.3, -0.25) is 4.79 Å². The van der Waals surface area contributed by atoms with E-state index in [1.54, 1.807) is 25.1 Å².